The number of nitrogens with one attached hydrogen (secondary N) is 2. The number of carboxylic acid groups (broad SMARTS) is 1. The lowest BCUT2D eigenvalue weighted by atomic mass is 10.0. The number of aromatic nitrogens is 4. The second kappa shape index (κ2) is 4.56. The van der Waals surface area contributed by atoms with E-state index in [1.807, 2.05) is 18.2 Å². The van der Waals surface area contributed by atoms with Gasteiger partial charge in [0.05, 0.1) is 30.0 Å². The second-order valence-electron chi connectivity index (χ2n) is 4.29. The van der Waals surface area contributed by atoms with Crippen molar-refractivity contribution in [2.75, 3.05) is 0 Å². The van der Waals surface area contributed by atoms with Gasteiger partial charge in [0.1, 0.15) is 0 Å². The highest BCUT2D eigenvalue weighted by Gasteiger charge is 2.10. The van der Waals surface area contributed by atoms with Crippen LogP contribution in [-0.2, 0) is 11.2 Å². The zero-order chi connectivity index (χ0) is 13.2. The first-order valence-electron chi connectivity index (χ1n) is 5.91. The number of carboxylic acids is 1. The number of nitrogens with zero attached hydrogens (tertiary/aromatic N) is 2. The third-order valence-electron chi connectivity index (χ3n) is 3.04. The minimum Gasteiger partial charge on any atom is -0.481 e. The molecule has 0 aliphatic heterocycles. The molecule has 6 heteroatoms. The molecule has 3 aromatic rings. The van der Waals surface area contributed by atoms with Crippen molar-refractivity contribution in [3.05, 3.63) is 36.4 Å². The normalized spacial score (nSPS) is 10.9. The topological polar surface area (TPSA) is 94.7 Å². The summed E-state index contributed by atoms with van der Waals surface area (Å²) in [4.78, 5) is 17.9. The van der Waals surface area contributed by atoms with Gasteiger partial charge in [0.2, 0.25) is 0 Å². The van der Waals surface area contributed by atoms with Crippen LogP contribution in [0.4, 0.5) is 0 Å². The van der Waals surface area contributed by atoms with Crippen LogP contribution >= 0.6 is 0 Å². The Morgan fingerprint density at radius 2 is 2.26 bits per heavy atom. The number of aryl methyl sites for hydroxylation is 1. The Bertz CT molecular complexity index is 729. The lowest BCUT2D eigenvalue weighted by Gasteiger charge is -2.02. The first kappa shape index (κ1) is 11.5. The first-order chi connectivity index (χ1) is 9.24. The standard InChI is InChI=1S/C13H12N4O2/c18-13(19)4-3-10-9(6-16-17-10)8-1-2-11-12(5-8)15-7-14-11/h1-2,5-7H,3-4H2,(H,14,15)(H,16,17)(H,18,19). The average Bonchev–Trinajstić information content (AvgIpc) is 3.04. The fourth-order valence-electron chi connectivity index (χ4n) is 2.09. The van der Waals surface area contributed by atoms with Crippen molar-refractivity contribution in [3.8, 4) is 11.1 Å². The SMILES string of the molecule is O=C(O)CCc1[nH]ncc1-c1ccc2nc[nH]c2c1. The number of aliphatic carboxylic acids is 1. The van der Waals surface area contributed by atoms with Crippen LogP contribution in [0.5, 0.6) is 0 Å². The van der Waals surface area contributed by atoms with Crippen molar-refractivity contribution in [2.24, 2.45) is 0 Å². The molecule has 1 aromatic carbocycles. The molecule has 96 valence electrons. The van der Waals surface area contributed by atoms with Gasteiger partial charge in [-0.05, 0) is 17.7 Å². The van der Waals surface area contributed by atoms with E-state index in [1.54, 1.807) is 12.5 Å². The van der Waals surface area contributed by atoms with Gasteiger partial charge >= 0.3 is 5.97 Å². The molecular formula is C13H12N4O2. The van der Waals surface area contributed by atoms with Crippen LogP contribution in [-0.4, -0.2) is 31.2 Å². The smallest absolute Gasteiger partial charge is 0.303 e. The Kier molecular flexibility index (Phi) is 2.75. The maximum Gasteiger partial charge on any atom is 0.303 e. The molecule has 2 aromatic heterocycles. The fraction of sp³-hybridized carbons (Fsp3) is 0.154. The maximum atomic E-state index is 10.6. The Balaban J connectivity index is 1.96. The summed E-state index contributed by atoms with van der Waals surface area (Å²) in [6.07, 6.45) is 3.89. The number of H-pyrrole nitrogens is 2. The summed E-state index contributed by atoms with van der Waals surface area (Å²) >= 11 is 0. The Hall–Kier alpha value is -2.63. The number of imidazole rings is 1. The van der Waals surface area contributed by atoms with Crippen LogP contribution in [0.3, 0.4) is 0 Å². The Morgan fingerprint density at radius 3 is 3.11 bits per heavy atom. The largest absolute Gasteiger partial charge is 0.481 e. The van der Waals surface area contributed by atoms with Gasteiger partial charge in [0, 0.05) is 17.7 Å². The van der Waals surface area contributed by atoms with Gasteiger partial charge in [-0.2, -0.15) is 5.10 Å². The molecule has 0 atom stereocenters. The summed E-state index contributed by atoms with van der Waals surface area (Å²) in [5.74, 6) is -0.815. The quantitative estimate of drug-likeness (QED) is 0.665. The zero-order valence-corrected chi connectivity index (χ0v) is 10.1. The molecule has 0 saturated carbocycles. The minimum absolute atomic E-state index is 0.0848. The zero-order valence-electron chi connectivity index (χ0n) is 10.1. The van der Waals surface area contributed by atoms with E-state index in [0.29, 0.717) is 6.42 Å². The summed E-state index contributed by atoms with van der Waals surface area (Å²) in [5, 5.41) is 15.6. The molecule has 0 amide bonds. The van der Waals surface area contributed by atoms with E-state index >= 15 is 0 Å². The summed E-state index contributed by atoms with van der Waals surface area (Å²) in [5.41, 5.74) is 4.60. The van der Waals surface area contributed by atoms with Crippen LogP contribution in [0.1, 0.15) is 12.1 Å². The van der Waals surface area contributed by atoms with Gasteiger partial charge in [-0.15, -0.1) is 0 Å². The van der Waals surface area contributed by atoms with Crippen molar-refractivity contribution >= 4 is 17.0 Å². The van der Waals surface area contributed by atoms with Gasteiger partial charge < -0.3 is 10.1 Å². The number of benzene rings is 1. The van der Waals surface area contributed by atoms with E-state index in [-0.39, 0.29) is 6.42 Å². The molecule has 0 radical (unpaired) electrons. The number of aromatic amines is 2. The van der Waals surface area contributed by atoms with E-state index in [1.165, 1.54) is 0 Å². The molecule has 2 heterocycles. The fourth-order valence-corrected chi connectivity index (χ4v) is 2.09. The molecule has 0 spiro atoms. The van der Waals surface area contributed by atoms with Crippen LogP contribution in [0.25, 0.3) is 22.2 Å². The molecule has 0 bridgehead atoms. The molecule has 0 aliphatic carbocycles. The maximum absolute atomic E-state index is 10.6. The molecule has 6 nitrogen and oxygen atoms in total. The summed E-state index contributed by atoms with van der Waals surface area (Å²) in [6.45, 7) is 0. The molecule has 3 rings (SSSR count). The lowest BCUT2D eigenvalue weighted by Crippen LogP contribution is -1.98. The van der Waals surface area contributed by atoms with E-state index in [4.69, 9.17) is 5.11 Å². The van der Waals surface area contributed by atoms with Crippen molar-refractivity contribution in [1.29, 1.82) is 0 Å². The molecule has 0 saturated heterocycles. The molecule has 0 fully saturated rings. The number of carbonyl (C=O) groups is 1. The van der Waals surface area contributed by atoms with Crippen molar-refractivity contribution in [1.82, 2.24) is 20.2 Å². The van der Waals surface area contributed by atoms with Gasteiger partial charge in [-0.25, -0.2) is 4.98 Å². The molecule has 0 aliphatic rings. The summed E-state index contributed by atoms with van der Waals surface area (Å²) in [6, 6.07) is 5.87. The number of hydrogen-bond acceptors (Lipinski definition) is 3. The highest BCUT2D eigenvalue weighted by atomic mass is 16.4. The van der Waals surface area contributed by atoms with Crippen molar-refractivity contribution in [2.45, 2.75) is 12.8 Å². The molecular weight excluding hydrogens is 244 g/mol. The van der Waals surface area contributed by atoms with Gasteiger partial charge in [0.25, 0.3) is 0 Å². The Labute approximate surface area is 108 Å². The molecule has 0 unspecified atom stereocenters. The minimum atomic E-state index is -0.815. The van der Waals surface area contributed by atoms with E-state index in [9.17, 15) is 4.79 Å². The predicted octanol–water partition coefficient (Wildman–Crippen LogP) is 1.97. The van der Waals surface area contributed by atoms with Crippen LogP contribution in [0, 0.1) is 0 Å². The van der Waals surface area contributed by atoms with Crippen LogP contribution in [0.15, 0.2) is 30.7 Å². The summed E-state index contributed by atoms with van der Waals surface area (Å²) in [7, 11) is 0. The average molecular weight is 256 g/mol. The van der Waals surface area contributed by atoms with Gasteiger partial charge in [0.15, 0.2) is 0 Å². The highest BCUT2D eigenvalue weighted by Crippen LogP contribution is 2.25. The Morgan fingerprint density at radius 1 is 1.37 bits per heavy atom. The third kappa shape index (κ3) is 2.20. The van der Waals surface area contributed by atoms with E-state index in [0.717, 1.165) is 27.9 Å². The monoisotopic (exact) mass is 256 g/mol. The molecule has 19 heavy (non-hydrogen) atoms. The van der Waals surface area contributed by atoms with Gasteiger partial charge in [-0.3, -0.25) is 9.89 Å². The van der Waals surface area contributed by atoms with Crippen molar-refractivity contribution < 1.29 is 9.90 Å². The van der Waals surface area contributed by atoms with Crippen molar-refractivity contribution in [3.63, 3.8) is 0 Å². The predicted molar refractivity (Wildman–Crippen MR) is 69.6 cm³/mol. The molecule has 3 N–H and O–H groups in total. The third-order valence-corrected chi connectivity index (χ3v) is 3.04. The first-order valence-corrected chi connectivity index (χ1v) is 5.91. The number of rotatable bonds is 4. The second-order valence-corrected chi connectivity index (χ2v) is 4.29. The number of hydrogen-bond donors (Lipinski definition) is 3. The highest BCUT2D eigenvalue weighted by molar-refractivity contribution is 5.82. The lowest BCUT2D eigenvalue weighted by molar-refractivity contribution is -0.136. The van der Waals surface area contributed by atoms with E-state index < -0.39 is 5.97 Å². The van der Waals surface area contributed by atoms with Crippen LogP contribution in [0.2, 0.25) is 0 Å². The summed E-state index contributed by atoms with van der Waals surface area (Å²) < 4.78 is 0. The van der Waals surface area contributed by atoms with Gasteiger partial charge in [-0.1, -0.05) is 6.07 Å². The van der Waals surface area contributed by atoms with E-state index in [2.05, 4.69) is 20.2 Å². The number of fused-ring (bicyclic) bond motifs is 1. The van der Waals surface area contributed by atoms with Crippen LogP contribution < -0.4 is 0 Å².